The molecule has 20 heavy (non-hydrogen) atoms. The van der Waals surface area contributed by atoms with Gasteiger partial charge in [-0.2, -0.15) is 4.83 Å². The van der Waals surface area contributed by atoms with Crippen LogP contribution in [-0.2, 0) is 14.4 Å². The summed E-state index contributed by atoms with van der Waals surface area (Å²) >= 11 is 1.15. The van der Waals surface area contributed by atoms with E-state index in [1.165, 1.54) is 12.3 Å². The van der Waals surface area contributed by atoms with Gasteiger partial charge >= 0.3 is 0 Å². The molecule has 0 saturated carbocycles. The largest absolute Gasteiger partial charge is 0.295 e. The molecule has 1 heterocycles. The van der Waals surface area contributed by atoms with Gasteiger partial charge in [0.25, 0.3) is 0 Å². The Morgan fingerprint density at radius 3 is 2.50 bits per heavy atom. The maximum absolute atomic E-state index is 11.4. The highest BCUT2D eigenvalue weighted by molar-refractivity contribution is 8.00. The van der Waals surface area contributed by atoms with Crippen molar-refractivity contribution in [2.45, 2.75) is 6.42 Å². The van der Waals surface area contributed by atoms with Crippen molar-refractivity contribution in [1.82, 2.24) is 10.4 Å². The zero-order chi connectivity index (χ0) is 14.6. The fraction of sp³-hybridized carbons (Fsp3) is 0.0833. The Morgan fingerprint density at radius 1 is 1.00 bits per heavy atom. The van der Waals surface area contributed by atoms with Crippen molar-refractivity contribution >= 4 is 29.3 Å². The van der Waals surface area contributed by atoms with Gasteiger partial charge in [-0.3, -0.25) is 14.4 Å². The maximum atomic E-state index is 11.4. The number of nitrogens with zero attached hydrogens (tertiary/aromatic N) is 2. The van der Waals surface area contributed by atoms with Crippen molar-refractivity contribution in [3.8, 4) is 0 Å². The fourth-order valence-corrected chi connectivity index (χ4v) is 1.33. The Balaban J connectivity index is 2.72. The summed E-state index contributed by atoms with van der Waals surface area (Å²) < 4.78 is 0. The lowest BCUT2D eigenvalue weighted by Gasteiger charge is -1.94. The monoisotopic (exact) mass is 292 g/mol. The molecule has 0 bridgehead atoms. The first kappa shape index (κ1) is 15.7. The minimum Gasteiger partial charge on any atom is -0.295 e. The Morgan fingerprint density at radius 2 is 1.70 bits per heavy atom. The summed E-state index contributed by atoms with van der Waals surface area (Å²) in [4.78, 5) is 36.6. The molecule has 0 aromatic rings. The lowest BCUT2D eigenvalue weighted by molar-refractivity contribution is -0.114. The molecule has 0 aromatic carbocycles. The first-order chi connectivity index (χ1) is 9.68. The number of nitrogens with one attached hydrogen (secondary N) is 2. The minimum absolute atomic E-state index is 0.171. The van der Waals surface area contributed by atoms with Crippen LogP contribution >= 0.6 is 11.9 Å². The van der Waals surface area contributed by atoms with E-state index in [1.54, 1.807) is 11.5 Å². The molecule has 0 amide bonds. The van der Waals surface area contributed by atoms with Crippen molar-refractivity contribution < 1.29 is 14.4 Å². The summed E-state index contributed by atoms with van der Waals surface area (Å²) in [5, 5.41) is 8.66. The fourth-order valence-electron chi connectivity index (χ4n) is 0.981. The molecule has 0 unspecified atom stereocenters. The van der Waals surface area contributed by atoms with E-state index in [0.29, 0.717) is 0 Å². The molecule has 7 nitrogen and oxygen atoms in total. The van der Waals surface area contributed by atoms with Gasteiger partial charge in [0.1, 0.15) is 0 Å². The Kier molecular flexibility index (Phi) is 7.55. The van der Waals surface area contributed by atoms with Crippen molar-refractivity contribution in [2.24, 2.45) is 10.3 Å². The number of hydrogen-bond acceptors (Lipinski definition) is 8. The van der Waals surface area contributed by atoms with Gasteiger partial charge in [0.15, 0.2) is 17.3 Å². The van der Waals surface area contributed by atoms with Crippen LogP contribution < -0.4 is 10.4 Å². The molecule has 0 spiro atoms. The maximum Gasteiger partial charge on any atom is 0.180 e. The predicted molar refractivity (Wildman–Crippen MR) is 74.9 cm³/mol. The molecule has 2 N–H and O–H groups in total. The van der Waals surface area contributed by atoms with Crippen molar-refractivity contribution in [2.75, 3.05) is 0 Å². The molecular weight excluding hydrogens is 280 g/mol. The second-order valence-corrected chi connectivity index (χ2v) is 4.09. The van der Waals surface area contributed by atoms with Crippen LogP contribution in [0.1, 0.15) is 6.42 Å². The highest BCUT2D eigenvalue weighted by Gasteiger charge is 1.96. The highest BCUT2D eigenvalue weighted by Crippen LogP contribution is 1.97. The minimum atomic E-state index is -0.437. The number of allylic oxidation sites excluding steroid dienone is 6. The van der Waals surface area contributed by atoms with Gasteiger partial charge in [0, 0.05) is 12.5 Å². The molecular formula is C12H12N4O3S. The van der Waals surface area contributed by atoms with Gasteiger partial charge < -0.3 is 0 Å². The van der Waals surface area contributed by atoms with Crippen LogP contribution in [-0.4, -0.2) is 17.3 Å². The zero-order valence-electron chi connectivity index (χ0n) is 10.4. The number of rotatable bonds is 0. The topological polar surface area (TPSA) is 100.0 Å². The molecule has 0 aromatic heterocycles. The molecule has 0 radical (unpaired) electrons. The number of ketones is 3. The zero-order valence-corrected chi connectivity index (χ0v) is 11.2. The molecule has 104 valence electrons. The molecule has 0 aliphatic carbocycles. The summed E-state index contributed by atoms with van der Waals surface area (Å²) in [6, 6.07) is 0. The Hall–Kier alpha value is -2.32. The molecule has 0 fully saturated rings. The SMILES string of the molecule is O=C1C=CC(=O)/C=C/C(=O)C/C=C\SNNN=N/C=C/1. The Bertz CT molecular complexity index is 521. The molecule has 0 saturated heterocycles. The van der Waals surface area contributed by atoms with Crippen LogP contribution in [0.15, 0.2) is 58.4 Å². The van der Waals surface area contributed by atoms with Crippen LogP contribution in [0, 0.1) is 0 Å². The number of hydrazine groups is 1. The third-order valence-electron chi connectivity index (χ3n) is 1.85. The van der Waals surface area contributed by atoms with Gasteiger partial charge in [0.2, 0.25) is 0 Å². The van der Waals surface area contributed by atoms with Crippen LogP contribution in [0.3, 0.4) is 0 Å². The highest BCUT2D eigenvalue weighted by atomic mass is 32.2. The first-order valence-corrected chi connectivity index (χ1v) is 6.40. The quantitative estimate of drug-likeness (QED) is 0.654. The molecule has 1 rings (SSSR count). The number of hydrogen-bond donors (Lipinski definition) is 2. The van der Waals surface area contributed by atoms with Gasteiger partial charge in [-0.05, 0) is 41.7 Å². The average molecular weight is 292 g/mol. The predicted octanol–water partition coefficient (Wildman–Crippen LogP) is 1.35. The van der Waals surface area contributed by atoms with Crippen molar-refractivity contribution in [3.63, 3.8) is 0 Å². The standard InChI is InChI=1S/C12H12N4O3S/c17-10-2-1-9-20-16-15-14-13-8-7-12(19)6-5-11(18)4-3-10/h1,3-9H,2H2,(H,13,15)(H,14,16)/b4-3+,6-5?,8-7+,9-1-. The summed E-state index contributed by atoms with van der Waals surface area (Å²) in [5.74, 6) is -1.06. The van der Waals surface area contributed by atoms with Crippen LogP contribution in [0.2, 0.25) is 0 Å². The van der Waals surface area contributed by atoms with E-state index >= 15 is 0 Å². The van der Waals surface area contributed by atoms with E-state index in [2.05, 4.69) is 20.7 Å². The third kappa shape index (κ3) is 7.90. The van der Waals surface area contributed by atoms with E-state index in [0.717, 1.165) is 36.3 Å². The van der Waals surface area contributed by atoms with E-state index in [9.17, 15) is 14.4 Å². The molecule has 8 heteroatoms. The molecule has 0 atom stereocenters. The van der Waals surface area contributed by atoms with E-state index in [-0.39, 0.29) is 12.2 Å². The Labute approximate surface area is 119 Å². The summed E-state index contributed by atoms with van der Waals surface area (Å²) in [7, 11) is 0. The van der Waals surface area contributed by atoms with E-state index in [4.69, 9.17) is 0 Å². The van der Waals surface area contributed by atoms with Crippen LogP contribution in [0.5, 0.6) is 0 Å². The van der Waals surface area contributed by atoms with Gasteiger partial charge in [-0.15, -0.1) is 5.11 Å². The van der Waals surface area contributed by atoms with Crippen LogP contribution in [0.25, 0.3) is 0 Å². The second-order valence-electron chi connectivity index (χ2n) is 3.38. The number of carbonyl (C=O) groups is 3. The van der Waals surface area contributed by atoms with Crippen molar-refractivity contribution in [3.05, 3.63) is 48.1 Å². The normalized spacial score (nSPS) is 22.9. The third-order valence-corrected chi connectivity index (χ3v) is 2.38. The van der Waals surface area contributed by atoms with Gasteiger partial charge in [0.05, 0.1) is 6.20 Å². The first-order valence-electron chi connectivity index (χ1n) is 5.52. The van der Waals surface area contributed by atoms with Gasteiger partial charge in [-0.25, -0.2) is 5.53 Å². The van der Waals surface area contributed by atoms with E-state index in [1.807, 2.05) is 0 Å². The second kappa shape index (κ2) is 9.59. The van der Waals surface area contributed by atoms with E-state index < -0.39 is 11.6 Å². The average Bonchev–Trinajstić information content (AvgIpc) is 2.44. The molecule has 1 aliphatic rings. The summed E-state index contributed by atoms with van der Waals surface area (Å²) in [6.07, 6.45) is 8.60. The summed E-state index contributed by atoms with van der Waals surface area (Å²) in [6.45, 7) is 0. The lowest BCUT2D eigenvalue weighted by atomic mass is 10.2. The van der Waals surface area contributed by atoms with Crippen molar-refractivity contribution in [1.29, 1.82) is 0 Å². The van der Waals surface area contributed by atoms with Gasteiger partial charge in [-0.1, -0.05) is 11.3 Å². The lowest BCUT2D eigenvalue weighted by Crippen LogP contribution is -2.17. The number of carbonyl (C=O) groups excluding carboxylic acids is 3. The smallest absolute Gasteiger partial charge is 0.180 e. The van der Waals surface area contributed by atoms with Crippen LogP contribution in [0.4, 0.5) is 0 Å². The summed E-state index contributed by atoms with van der Waals surface area (Å²) in [5.41, 5.74) is 2.40. The molecule has 1 aliphatic heterocycles.